The van der Waals surface area contributed by atoms with Gasteiger partial charge in [-0.3, -0.25) is 0 Å². The molecule has 0 aliphatic heterocycles. The average Bonchev–Trinajstić information content (AvgIpc) is 2.14. The van der Waals surface area contributed by atoms with E-state index >= 15 is 0 Å². The van der Waals surface area contributed by atoms with E-state index in [4.69, 9.17) is 9.47 Å². The van der Waals surface area contributed by atoms with Crippen LogP contribution in [0.3, 0.4) is 0 Å². The standard InChI is InChI=1S/C14H30O3/c1-6-7-10-16-11-9-14(4,5)17-12-8-13(2,3)15/h15H,6-12H2,1-5H3. The molecular weight excluding hydrogens is 216 g/mol. The van der Waals surface area contributed by atoms with Gasteiger partial charge in [0.1, 0.15) is 0 Å². The molecule has 0 aromatic carbocycles. The van der Waals surface area contributed by atoms with Crippen LogP contribution in [-0.2, 0) is 9.47 Å². The van der Waals surface area contributed by atoms with Gasteiger partial charge in [0, 0.05) is 13.2 Å². The second-order valence-corrected chi connectivity index (χ2v) is 5.89. The Bertz CT molecular complexity index is 182. The van der Waals surface area contributed by atoms with E-state index in [2.05, 4.69) is 20.8 Å². The zero-order valence-corrected chi connectivity index (χ0v) is 12.2. The zero-order valence-electron chi connectivity index (χ0n) is 12.2. The van der Waals surface area contributed by atoms with E-state index in [9.17, 15) is 5.11 Å². The van der Waals surface area contributed by atoms with E-state index in [1.54, 1.807) is 13.8 Å². The predicted molar refractivity (Wildman–Crippen MR) is 71.3 cm³/mol. The van der Waals surface area contributed by atoms with Crippen LogP contribution >= 0.6 is 0 Å². The van der Waals surface area contributed by atoms with Crippen LogP contribution in [0, 0.1) is 0 Å². The first-order chi connectivity index (χ1) is 7.77. The van der Waals surface area contributed by atoms with Gasteiger partial charge in [-0.1, -0.05) is 13.3 Å². The minimum atomic E-state index is -0.645. The first kappa shape index (κ1) is 16.9. The lowest BCUT2D eigenvalue weighted by Crippen LogP contribution is -2.30. The van der Waals surface area contributed by atoms with Gasteiger partial charge in [-0.15, -0.1) is 0 Å². The van der Waals surface area contributed by atoms with Crippen LogP contribution < -0.4 is 0 Å². The highest BCUT2D eigenvalue weighted by Gasteiger charge is 2.20. The molecule has 0 aliphatic carbocycles. The van der Waals surface area contributed by atoms with Crippen LogP contribution in [0.2, 0.25) is 0 Å². The Morgan fingerprint density at radius 1 is 0.941 bits per heavy atom. The highest BCUT2D eigenvalue weighted by Crippen LogP contribution is 2.17. The minimum Gasteiger partial charge on any atom is -0.390 e. The third kappa shape index (κ3) is 12.1. The summed E-state index contributed by atoms with van der Waals surface area (Å²) in [6.07, 6.45) is 3.85. The summed E-state index contributed by atoms with van der Waals surface area (Å²) >= 11 is 0. The van der Waals surface area contributed by atoms with Crippen LogP contribution in [0.1, 0.15) is 60.3 Å². The van der Waals surface area contributed by atoms with Crippen LogP contribution in [0.25, 0.3) is 0 Å². The van der Waals surface area contributed by atoms with Gasteiger partial charge < -0.3 is 14.6 Å². The SMILES string of the molecule is CCCCOCCC(C)(C)OCCC(C)(C)O. The van der Waals surface area contributed by atoms with Crippen molar-refractivity contribution in [1.29, 1.82) is 0 Å². The van der Waals surface area contributed by atoms with Crippen LogP contribution in [-0.4, -0.2) is 36.1 Å². The molecular formula is C14H30O3. The summed E-state index contributed by atoms with van der Waals surface area (Å²) in [4.78, 5) is 0. The molecule has 3 nitrogen and oxygen atoms in total. The molecule has 17 heavy (non-hydrogen) atoms. The maximum atomic E-state index is 9.58. The maximum absolute atomic E-state index is 9.58. The van der Waals surface area contributed by atoms with E-state index in [-0.39, 0.29) is 5.60 Å². The van der Waals surface area contributed by atoms with Crippen molar-refractivity contribution in [2.24, 2.45) is 0 Å². The summed E-state index contributed by atoms with van der Waals surface area (Å²) in [5.41, 5.74) is -0.814. The molecule has 0 amide bonds. The predicted octanol–water partition coefficient (Wildman–Crippen LogP) is 3.15. The van der Waals surface area contributed by atoms with Gasteiger partial charge >= 0.3 is 0 Å². The molecule has 3 heteroatoms. The lowest BCUT2D eigenvalue weighted by molar-refractivity contribution is -0.0612. The molecule has 0 aromatic heterocycles. The van der Waals surface area contributed by atoms with E-state index < -0.39 is 5.60 Å². The Balaban J connectivity index is 3.58. The molecule has 0 heterocycles. The van der Waals surface area contributed by atoms with Gasteiger partial charge in [0.2, 0.25) is 0 Å². The number of rotatable bonds is 10. The third-order valence-corrected chi connectivity index (χ3v) is 2.70. The van der Waals surface area contributed by atoms with Crippen molar-refractivity contribution < 1.29 is 14.6 Å². The van der Waals surface area contributed by atoms with Gasteiger partial charge in [0.05, 0.1) is 17.8 Å². The first-order valence-electron chi connectivity index (χ1n) is 6.71. The Morgan fingerprint density at radius 2 is 1.59 bits per heavy atom. The number of aliphatic hydroxyl groups is 1. The van der Waals surface area contributed by atoms with Crippen molar-refractivity contribution in [2.75, 3.05) is 19.8 Å². The zero-order chi connectivity index (χ0) is 13.4. The molecule has 0 aromatic rings. The molecule has 0 fully saturated rings. The lowest BCUT2D eigenvalue weighted by atomic mass is 10.0. The second kappa shape index (κ2) is 8.06. The van der Waals surface area contributed by atoms with Crippen molar-refractivity contribution in [2.45, 2.75) is 71.5 Å². The summed E-state index contributed by atoms with van der Waals surface area (Å²) in [5, 5.41) is 9.58. The monoisotopic (exact) mass is 246 g/mol. The largest absolute Gasteiger partial charge is 0.390 e. The quantitative estimate of drug-likeness (QED) is 0.602. The highest BCUT2D eigenvalue weighted by atomic mass is 16.5. The van der Waals surface area contributed by atoms with Crippen molar-refractivity contribution >= 4 is 0 Å². The Morgan fingerprint density at radius 3 is 2.12 bits per heavy atom. The second-order valence-electron chi connectivity index (χ2n) is 5.89. The number of hydrogen-bond donors (Lipinski definition) is 1. The fourth-order valence-corrected chi connectivity index (χ4v) is 1.32. The normalized spacial score (nSPS) is 13.1. The van der Waals surface area contributed by atoms with Crippen LogP contribution in [0.5, 0.6) is 0 Å². The molecule has 0 radical (unpaired) electrons. The third-order valence-electron chi connectivity index (χ3n) is 2.70. The van der Waals surface area contributed by atoms with E-state index in [1.807, 2.05) is 0 Å². The molecule has 0 bridgehead atoms. The smallest absolute Gasteiger partial charge is 0.0648 e. The lowest BCUT2D eigenvalue weighted by Gasteiger charge is -2.27. The summed E-state index contributed by atoms with van der Waals surface area (Å²) in [7, 11) is 0. The minimum absolute atomic E-state index is 0.169. The topological polar surface area (TPSA) is 38.7 Å². The van der Waals surface area contributed by atoms with Crippen LogP contribution in [0.4, 0.5) is 0 Å². The Hall–Kier alpha value is -0.120. The molecule has 0 saturated heterocycles. The number of hydrogen-bond acceptors (Lipinski definition) is 3. The van der Waals surface area contributed by atoms with Gasteiger partial charge in [-0.2, -0.15) is 0 Å². The molecule has 104 valence electrons. The molecule has 0 saturated carbocycles. The molecule has 0 atom stereocenters. The summed E-state index contributed by atoms with van der Waals surface area (Å²) in [6, 6.07) is 0. The van der Waals surface area contributed by atoms with Crippen molar-refractivity contribution in [3.05, 3.63) is 0 Å². The van der Waals surface area contributed by atoms with Gasteiger partial charge in [0.25, 0.3) is 0 Å². The fourth-order valence-electron chi connectivity index (χ4n) is 1.32. The molecule has 0 aliphatic rings. The summed E-state index contributed by atoms with van der Waals surface area (Å²) < 4.78 is 11.3. The number of ether oxygens (including phenoxy) is 2. The van der Waals surface area contributed by atoms with E-state index in [0.717, 1.165) is 26.1 Å². The first-order valence-corrected chi connectivity index (χ1v) is 6.71. The molecule has 0 rings (SSSR count). The highest BCUT2D eigenvalue weighted by molar-refractivity contribution is 4.70. The fraction of sp³-hybridized carbons (Fsp3) is 1.00. The maximum Gasteiger partial charge on any atom is 0.0648 e. The summed E-state index contributed by atoms with van der Waals surface area (Å²) in [6.45, 7) is 12.1. The molecule has 1 N–H and O–H groups in total. The van der Waals surface area contributed by atoms with E-state index in [1.165, 1.54) is 6.42 Å². The van der Waals surface area contributed by atoms with Crippen molar-refractivity contribution in [3.63, 3.8) is 0 Å². The molecule has 0 unspecified atom stereocenters. The van der Waals surface area contributed by atoms with Gasteiger partial charge in [0.15, 0.2) is 0 Å². The van der Waals surface area contributed by atoms with Crippen LogP contribution in [0.15, 0.2) is 0 Å². The van der Waals surface area contributed by atoms with Gasteiger partial charge in [-0.05, 0) is 47.0 Å². The number of unbranched alkanes of at least 4 members (excludes halogenated alkanes) is 1. The summed E-state index contributed by atoms with van der Waals surface area (Å²) in [5.74, 6) is 0. The van der Waals surface area contributed by atoms with E-state index in [0.29, 0.717) is 13.0 Å². The average molecular weight is 246 g/mol. The molecule has 0 spiro atoms. The van der Waals surface area contributed by atoms with Crippen molar-refractivity contribution in [3.8, 4) is 0 Å². The Labute approximate surface area is 107 Å². The van der Waals surface area contributed by atoms with Gasteiger partial charge in [-0.25, -0.2) is 0 Å². The Kier molecular flexibility index (Phi) is 8.01. The van der Waals surface area contributed by atoms with Crippen molar-refractivity contribution in [1.82, 2.24) is 0 Å².